The molecule has 2 aromatic carbocycles. The maximum Gasteiger partial charge on any atom is 0.277 e. The second-order valence-corrected chi connectivity index (χ2v) is 4.54. The topological polar surface area (TPSA) is 52.9 Å². The van der Waals surface area contributed by atoms with Crippen molar-refractivity contribution < 1.29 is 9.90 Å². The second-order valence-electron chi connectivity index (χ2n) is 4.54. The van der Waals surface area contributed by atoms with Gasteiger partial charge in [0.05, 0.1) is 11.4 Å². The Hall–Kier alpha value is -2.62. The molecule has 0 saturated carbocycles. The number of para-hydroxylation sites is 1. The number of rotatable bonds is 2. The summed E-state index contributed by atoms with van der Waals surface area (Å²) in [7, 11) is 0. The van der Waals surface area contributed by atoms with Crippen molar-refractivity contribution in [2.45, 2.75) is 6.92 Å². The first-order valence-corrected chi connectivity index (χ1v) is 6.49. The third-order valence-corrected chi connectivity index (χ3v) is 3.30. The number of benzene rings is 2. The van der Waals surface area contributed by atoms with Gasteiger partial charge in [-0.1, -0.05) is 18.2 Å². The summed E-state index contributed by atoms with van der Waals surface area (Å²) in [5, 5.41) is 9.28. The average Bonchev–Trinajstić information content (AvgIpc) is 2.74. The van der Waals surface area contributed by atoms with Gasteiger partial charge >= 0.3 is 0 Å². The molecule has 1 N–H and O–H groups in total. The van der Waals surface area contributed by atoms with E-state index in [4.69, 9.17) is 0 Å². The van der Waals surface area contributed by atoms with Gasteiger partial charge in [-0.15, -0.1) is 0 Å². The third kappa shape index (κ3) is 1.95. The number of amides is 1. The SMILES string of the molecule is CCN1C(=O)C(=Nc2ccc(O)cc2)c2ccccc21. The van der Waals surface area contributed by atoms with E-state index in [1.165, 1.54) is 0 Å². The fraction of sp³-hybridized carbons (Fsp3) is 0.125. The molecule has 1 heterocycles. The number of aromatic hydroxyl groups is 1. The van der Waals surface area contributed by atoms with Gasteiger partial charge in [0.1, 0.15) is 11.5 Å². The first-order chi connectivity index (χ1) is 9.70. The van der Waals surface area contributed by atoms with E-state index in [0.717, 1.165) is 11.3 Å². The first-order valence-electron chi connectivity index (χ1n) is 6.49. The molecule has 2 aromatic rings. The van der Waals surface area contributed by atoms with Crippen molar-refractivity contribution in [1.29, 1.82) is 0 Å². The molecule has 0 spiro atoms. The Morgan fingerprint density at radius 3 is 2.50 bits per heavy atom. The zero-order chi connectivity index (χ0) is 14.1. The normalized spacial score (nSPS) is 15.8. The van der Waals surface area contributed by atoms with Crippen LogP contribution in [0.4, 0.5) is 11.4 Å². The van der Waals surface area contributed by atoms with E-state index in [1.807, 2.05) is 31.2 Å². The predicted molar refractivity (Wildman–Crippen MR) is 78.8 cm³/mol. The Kier molecular flexibility index (Phi) is 2.99. The largest absolute Gasteiger partial charge is 0.508 e. The van der Waals surface area contributed by atoms with Crippen LogP contribution in [0.2, 0.25) is 0 Å². The molecule has 0 radical (unpaired) electrons. The Morgan fingerprint density at radius 2 is 1.80 bits per heavy atom. The first kappa shape index (κ1) is 12.4. The van der Waals surface area contributed by atoms with Gasteiger partial charge in [0.25, 0.3) is 5.91 Å². The number of likely N-dealkylation sites (N-methyl/N-ethyl adjacent to an activating group) is 1. The molecule has 0 unspecified atom stereocenters. The quantitative estimate of drug-likeness (QED) is 0.908. The lowest BCUT2D eigenvalue weighted by molar-refractivity contribution is -0.112. The summed E-state index contributed by atoms with van der Waals surface area (Å²) in [6.45, 7) is 2.56. The van der Waals surface area contributed by atoms with Gasteiger partial charge in [0, 0.05) is 12.1 Å². The van der Waals surface area contributed by atoms with Crippen LogP contribution in [0.25, 0.3) is 0 Å². The van der Waals surface area contributed by atoms with Crippen LogP contribution in [0.1, 0.15) is 12.5 Å². The molecule has 20 heavy (non-hydrogen) atoms. The van der Waals surface area contributed by atoms with Crippen LogP contribution < -0.4 is 4.90 Å². The van der Waals surface area contributed by atoms with E-state index in [1.54, 1.807) is 29.2 Å². The molecule has 1 aliphatic heterocycles. The van der Waals surface area contributed by atoms with E-state index >= 15 is 0 Å². The lowest BCUT2D eigenvalue weighted by Crippen LogP contribution is -2.29. The molecule has 0 aliphatic carbocycles. The number of phenolic OH excluding ortho intramolecular Hbond substituents is 1. The van der Waals surface area contributed by atoms with E-state index in [9.17, 15) is 9.90 Å². The van der Waals surface area contributed by atoms with E-state index in [-0.39, 0.29) is 11.7 Å². The molecule has 0 aromatic heterocycles. The molecule has 1 aliphatic rings. The summed E-state index contributed by atoms with van der Waals surface area (Å²) < 4.78 is 0. The van der Waals surface area contributed by atoms with Crippen molar-refractivity contribution in [2.24, 2.45) is 4.99 Å². The maximum atomic E-state index is 12.4. The monoisotopic (exact) mass is 266 g/mol. The minimum atomic E-state index is -0.0817. The Labute approximate surface area is 117 Å². The number of fused-ring (bicyclic) bond motifs is 1. The van der Waals surface area contributed by atoms with Gasteiger partial charge in [0.2, 0.25) is 0 Å². The number of carbonyl (C=O) groups excluding carboxylic acids is 1. The van der Waals surface area contributed by atoms with Crippen molar-refractivity contribution in [1.82, 2.24) is 0 Å². The highest BCUT2D eigenvalue weighted by atomic mass is 16.3. The molecule has 100 valence electrons. The third-order valence-electron chi connectivity index (χ3n) is 3.30. The van der Waals surface area contributed by atoms with Gasteiger partial charge in [-0.2, -0.15) is 0 Å². The molecule has 0 atom stereocenters. The lowest BCUT2D eigenvalue weighted by atomic mass is 10.1. The molecule has 3 rings (SSSR count). The van der Waals surface area contributed by atoms with Crippen molar-refractivity contribution >= 4 is 23.0 Å². The Balaban J connectivity index is 2.10. The average molecular weight is 266 g/mol. The zero-order valence-electron chi connectivity index (χ0n) is 11.1. The van der Waals surface area contributed by atoms with E-state index < -0.39 is 0 Å². The molecule has 0 bridgehead atoms. The van der Waals surface area contributed by atoms with Crippen LogP contribution >= 0.6 is 0 Å². The smallest absolute Gasteiger partial charge is 0.277 e. The van der Waals surface area contributed by atoms with Crippen LogP contribution in [-0.2, 0) is 4.79 Å². The summed E-state index contributed by atoms with van der Waals surface area (Å²) in [6.07, 6.45) is 0. The molecule has 4 nitrogen and oxygen atoms in total. The standard InChI is InChI=1S/C16H14N2O2/c1-2-18-14-6-4-3-5-13(14)15(16(18)20)17-11-7-9-12(19)10-8-11/h3-10,19H,2H2,1H3. The maximum absolute atomic E-state index is 12.4. The van der Waals surface area contributed by atoms with Crippen LogP contribution in [0.3, 0.4) is 0 Å². The van der Waals surface area contributed by atoms with Gasteiger partial charge < -0.3 is 10.0 Å². The molecule has 0 fully saturated rings. The summed E-state index contributed by atoms with van der Waals surface area (Å²) in [6, 6.07) is 14.1. The highest BCUT2D eigenvalue weighted by molar-refractivity contribution is 6.54. The number of hydrogen-bond acceptors (Lipinski definition) is 3. The fourth-order valence-electron chi connectivity index (χ4n) is 2.34. The molecule has 4 heteroatoms. The minimum Gasteiger partial charge on any atom is -0.508 e. The molecule has 0 saturated heterocycles. The zero-order valence-corrected chi connectivity index (χ0v) is 11.1. The fourth-order valence-corrected chi connectivity index (χ4v) is 2.34. The van der Waals surface area contributed by atoms with Gasteiger partial charge in [-0.25, -0.2) is 4.99 Å². The van der Waals surface area contributed by atoms with Gasteiger partial charge in [0.15, 0.2) is 0 Å². The van der Waals surface area contributed by atoms with Crippen LogP contribution in [-0.4, -0.2) is 23.3 Å². The molecular weight excluding hydrogens is 252 g/mol. The highest BCUT2D eigenvalue weighted by Crippen LogP contribution is 2.30. The Bertz CT molecular complexity index is 690. The van der Waals surface area contributed by atoms with Crippen LogP contribution in [0.5, 0.6) is 5.75 Å². The van der Waals surface area contributed by atoms with Gasteiger partial charge in [-0.3, -0.25) is 4.79 Å². The van der Waals surface area contributed by atoms with Crippen molar-refractivity contribution in [3.05, 3.63) is 54.1 Å². The van der Waals surface area contributed by atoms with E-state index in [0.29, 0.717) is 17.9 Å². The summed E-state index contributed by atoms with van der Waals surface area (Å²) in [5.41, 5.74) is 2.86. The number of anilines is 1. The number of aliphatic imine (C=N–C) groups is 1. The summed E-state index contributed by atoms with van der Waals surface area (Å²) in [4.78, 5) is 18.6. The highest BCUT2D eigenvalue weighted by Gasteiger charge is 2.32. The van der Waals surface area contributed by atoms with Crippen LogP contribution in [0, 0.1) is 0 Å². The number of nitrogens with zero attached hydrogens (tertiary/aromatic N) is 2. The van der Waals surface area contributed by atoms with Crippen LogP contribution in [0.15, 0.2) is 53.5 Å². The Morgan fingerprint density at radius 1 is 1.10 bits per heavy atom. The van der Waals surface area contributed by atoms with Crippen molar-refractivity contribution in [3.63, 3.8) is 0 Å². The van der Waals surface area contributed by atoms with Gasteiger partial charge in [-0.05, 0) is 37.3 Å². The number of carbonyl (C=O) groups is 1. The minimum absolute atomic E-state index is 0.0817. The predicted octanol–water partition coefficient (Wildman–Crippen LogP) is 2.88. The van der Waals surface area contributed by atoms with Crippen molar-refractivity contribution in [3.8, 4) is 5.75 Å². The number of phenols is 1. The lowest BCUT2D eigenvalue weighted by Gasteiger charge is -2.12. The number of hydrogen-bond donors (Lipinski definition) is 1. The summed E-state index contributed by atoms with van der Waals surface area (Å²) in [5.74, 6) is 0.101. The summed E-state index contributed by atoms with van der Waals surface area (Å²) >= 11 is 0. The second kappa shape index (κ2) is 4.81. The van der Waals surface area contributed by atoms with E-state index in [2.05, 4.69) is 4.99 Å². The van der Waals surface area contributed by atoms with Crippen molar-refractivity contribution in [2.75, 3.05) is 11.4 Å². The molecule has 1 amide bonds. The molecular formula is C16H14N2O2.